The molecule has 2 aromatic rings. The van der Waals surface area contributed by atoms with E-state index >= 15 is 0 Å². The van der Waals surface area contributed by atoms with E-state index < -0.39 is 0 Å². The fourth-order valence-electron chi connectivity index (χ4n) is 4.02. The lowest BCUT2D eigenvalue weighted by atomic mass is 9.98. The Balaban J connectivity index is 1.59. The zero-order valence-corrected chi connectivity index (χ0v) is 17.4. The molecule has 0 bridgehead atoms. The molecule has 0 aliphatic carbocycles. The summed E-state index contributed by atoms with van der Waals surface area (Å²) in [5.41, 5.74) is 3.44. The van der Waals surface area contributed by atoms with Crippen molar-refractivity contribution in [2.75, 3.05) is 13.1 Å². The number of phenolic OH excluding ortho intramolecular Hbond substituents is 1. The minimum atomic E-state index is -0.124. The molecule has 0 spiro atoms. The van der Waals surface area contributed by atoms with Crippen molar-refractivity contribution in [3.05, 3.63) is 64.4 Å². The monoisotopic (exact) mass is 391 g/mol. The van der Waals surface area contributed by atoms with Gasteiger partial charge in [-0.3, -0.25) is 9.69 Å². The van der Waals surface area contributed by atoms with Gasteiger partial charge in [0.15, 0.2) is 5.76 Å². The summed E-state index contributed by atoms with van der Waals surface area (Å²) in [5.74, 6) is 2.11. The largest absolute Gasteiger partial charge is 0.507 e. The predicted octanol–water partition coefficient (Wildman–Crippen LogP) is 5.36. The molecule has 29 heavy (non-hydrogen) atoms. The minimum Gasteiger partial charge on any atom is -0.507 e. The number of carbonyl (C=O) groups is 1. The van der Waals surface area contributed by atoms with Gasteiger partial charge in [-0.05, 0) is 67.1 Å². The Hall–Kier alpha value is -2.59. The lowest BCUT2D eigenvalue weighted by Crippen LogP contribution is -2.32. The number of hydrogen-bond acceptors (Lipinski definition) is 4. The molecule has 0 unspecified atom stereocenters. The number of hydrogen-bond donors (Lipinski definition) is 1. The first-order valence-electron chi connectivity index (χ1n) is 10.5. The molecule has 0 atom stereocenters. The van der Waals surface area contributed by atoms with E-state index in [0.717, 1.165) is 37.4 Å². The number of aromatic hydroxyl groups is 1. The molecule has 152 valence electrons. The van der Waals surface area contributed by atoms with Gasteiger partial charge in [0.1, 0.15) is 11.5 Å². The van der Waals surface area contributed by atoms with Crippen LogP contribution < -0.4 is 4.74 Å². The van der Waals surface area contributed by atoms with E-state index in [1.54, 1.807) is 18.2 Å². The van der Waals surface area contributed by atoms with Gasteiger partial charge in [0.25, 0.3) is 0 Å². The van der Waals surface area contributed by atoms with Crippen molar-refractivity contribution < 1.29 is 14.6 Å². The van der Waals surface area contributed by atoms with Crippen molar-refractivity contribution in [1.29, 1.82) is 0 Å². The summed E-state index contributed by atoms with van der Waals surface area (Å²) >= 11 is 0. The van der Waals surface area contributed by atoms with Crippen LogP contribution in [0, 0.1) is 5.92 Å². The van der Waals surface area contributed by atoms with Crippen LogP contribution in [-0.4, -0.2) is 28.9 Å². The standard InChI is InChI=1S/C25H29NO3/c1-16(2)19-6-4-18(5-7-19)14-23-24(28)20-8-9-22(27)21(25(20)29-23)15-26-12-10-17(3)11-13-26/h4-9,14,16-17,27H,10-13,15H2,1-3H3/b23-14-. The van der Waals surface area contributed by atoms with Crippen LogP contribution in [0.1, 0.15) is 66.6 Å². The molecule has 2 aromatic carbocycles. The number of nitrogens with zero attached hydrogens (tertiary/aromatic N) is 1. The third kappa shape index (κ3) is 4.08. The quantitative estimate of drug-likeness (QED) is 0.713. The topological polar surface area (TPSA) is 49.8 Å². The fourth-order valence-corrected chi connectivity index (χ4v) is 4.02. The molecule has 4 nitrogen and oxygen atoms in total. The van der Waals surface area contributed by atoms with Crippen LogP contribution >= 0.6 is 0 Å². The SMILES string of the molecule is CC1CCN(Cc2c(O)ccc3c2O/C(=C\c2ccc(C(C)C)cc2)C3=O)CC1. The normalized spacial score (nSPS) is 19.0. The Morgan fingerprint density at radius 1 is 1.14 bits per heavy atom. The van der Waals surface area contributed by atoms with Crippen molar-refractivity contribution in [1.82, 2.24) is 4.90 Å². The summed E-state index contributed by atoms with van der Waals surface area (Å²) in [4.78, 5) is 15.2. The van der Waals surface area contributed by atoms with Gasteiger partial charge in [-0.25, -0.2) is 0 Å². The van der Waals surface area contributed by atoms with Gasteiger partial charge in [0.2, 0.25) is 5.78 Å². The average Bonchev–Trinajstić information content (AvgIpc) is 3.02. The second-order valence-corrected chi connectivity index (χ2v) is 8.66. The molecule has 2 heterocycles. The van der Waals surface area contributed by atoms with Gasteiger partial charge in [0, 0.05) is 6.54 Å². The molecule has 0 radical (unpaired) electrons. The number of allylic oxidation sites excluding steroid dienone is 1. The molecule has 2 aliphatic rings. The first kappa shape index (κ1) is 19.7. The molecule has 2 aliphatic heterocycles. The molecule has 0 amide bonds. The van der Waals surface area contributed by atoms with Gasteiger partial charge in [-0.1, -0.05) is 45.0 Å². The molecule has 4 heteroatoms. The third-order valence-electron chi connectivity index (χ3n) is 6.08. The maximum Gasteiger partial charge on any atom is 0.231 e. The number of phenols is 1. The van der Waals surface area contributed by atoms with E-state index in [2.05, 4.69) is 37.8 Å². The molecule has 1 N–H and O–H groups in total. The van der Waals surface area contributed by atoms with Gasteiger partial charge in [0.05, 0.1) is 11.1 Å². The minimum absolute atomic E-state index is 0.124. The van der Waals surface area contributed by atoms with E-state index in [9.17, 15) is 9.90 Å². The van der Waals surface area contributed by atoms with Crippen molar-refractivity contribution in [3.63, 3.8) is 0 Å². The number of piperidine rings is 1. The summed E-state index contributed by atoms with van der Waals surface area (Å²) in [6.07, 6.45) is 4.11. The lowest BCUT2D eigenvalue weighted by Gasteiger charge is -2.30. The van der Waals surface area contributed by atoms with Gasteiger partial charge >= 0.3 is 0 Å². The van der Waals surface area contributed by atoms with E-state index in [-0.39, 0.29) is 11.5 Å². The van der Waals surface area contributed by atoms with Gasteiger partial charge in [-0.15, -0.1) is 0 Å². The number of carbonyl (C=O) groups excluding carboxylic acids is 1. The third-order valence-corrected chi connectivity index (χ3v) is 6.08. The highest BCUT2D eigenvalue weighted by molar-refractivity contribution is 6.15. The lowest BCUT2D eigenvalue weighted by molar-refractivity contribution is 0.101. The molecular weight excluding hydrogens is 362 g/mol. The number of ether oxygens (including phenoxy) is 1. The van der Waals surface area contributed by atoms with Crippen LogP contribution in [0.25, 0.3) is 6.08 Å². The summed E-state index contributed by atoms with van der Waals surface area (Å²) in [6, 6.07) is 11.5. The highest BCUT2D eigenvalue weighted by Crippen LogP contribution is 2.40. The van der Waals surface area contributed by atoms with Crippen LogP contribution in [0.3, 0.4) is 0 Å². The summed E-state index contributed by atoms with van der Waals surface area (Å²) < 4.78 is 6.00. The van der Waals surface area contributed by atoms with Crippen LogP contribution in [0.4, 0.5) is 0 Å². The summed E-state index contributed by atoms with van der Waals surface area (Å²) in [7, 11) is 0. The fraction of sp³-hybridized carbons (Fsp3) is 0.400. The van der Waals surface area contributed by atoms with Crippen molar-refractivity contribution in [2.24, 2.45) is 5.92 Å². The highest BCUT2D eigenvalue weighted by Gasteiger charge is 2.32. The zero-order valence-electron chi connectivity index (χ0n) is 17.4. The number of fused-ring (bicyclic) bond motifs is 1. The Kier molecular flexibility index (Phi) is 5.46. The number of ketones is 1. The molecule has 0 aromatic heterocycles. The van der Waals surface area contributed by atoms with Crippen LogP contribution in [0.5, 0.6) is 11.5 Å². The van der Waals surface area contributed by atoms with E-state index in [1.807, 2.05) is 12.1 Å². The van der Waals surface area contributed by atoms with Crippen LogP contribution in [0.2, 0.25) is 0 Å². The first-order valence-corrected chi connectivity index (χ1v) is 10.5. The van der Waals surface area contributed by atoms with Crippen LogP contribution in [0.15, 0.2) is 42.2 Å². The highest BCUT2D eigenvalue weighted by atomic mass is 16.5. The van der Waals surface area contributed by atoms with Crippen molar-refractivity contribution >= 4 is 11.9 Å². The van der Waals surface area contributed by atoms with Crippen LogP contribution in [-0.2, 0) is 6.54 Å². The first-order chi connectivity index (χ1) is 13.9. The molecule has 1 saturated heterocycles. The maximum absolute atomic E-state index is 12.9. The van der Waals surface area contributed by atoms with Crippen molar-refractivity contribution in [2.45, 2.75) is 46.1 Å². The Bertz CT molecular complexity index is 935. The number of benzene rings is 2. The molecule has 0 saturated carbocycles. The Morgan fingerprint density at radius 2 is 1.83 bits per heavy atom. The van der Waals surface area contributed by atoms with Crippen molar-refractivity contribution in [3.8, 4) is 11.5 Å². The summed E-state index contributed by atoms with van der Waals surface area (Å²) in [5, 5.41) is 10.5. The van der Waals surface area contributed by atoms with Gasteiger partial charge < -0.3 is 9.84 Å². The zero-order chi connectivity index (χ0) is 20.5. The van der Waals surface area contributed by atoms with Gasteiger partial charge in [-0.2, -0.15) is 0 Å². The molecular formula is C25H29NO3. The Labute approximate surface area is 172 Å². The predicted molar refractivity (Wildman–Crippen MR) is 115 cm³/mol. The molecule has 4 rings (SSSR count). The second-order valence-electron chi connectivity index (χ2n) is 8.66. The second kappa shape index (κ2) is 8.03. The number of Topliss-reactive ketones (excluding diaryl/α,β-unsaturated/α-hetero) is 1. The molecule has 1 fully saturated rings. The smallest absolute Gasteiger partial charge is 0.231 e. The van der Waals surface area contributed by atoms with E-state index in [4.69, 9.17) is 4.74 Å². The van der Waals surface area contributed by atoms with E-state index in [0.29, 0.717) is 35.1 Å². The Morgan fingerprint density at radius 3 is 2.48 bits per heavy atom. The maximum atomic E-state index is 12.9. The number of rotatable bonds is 4. The number of likely N-dealkylation sites (tertiary alicyclic amines) is 1. The summed E-state index contributed by atoms with van der Waals surface area (Å²) in [6.45, 7) is 9.20. The van der Waals surface area contributed by atoms with E-state index in [1.165, 1.54) is 5.56 Å². The average molecular weight is 392 g/mol.